The molecular formula is C29H21Cl2FN4O4. The van der Waals surface area contributed by atoms with Crippen LogP contribution in [0.15, 0.2) is 84.2 Å². The fraction of sp³-hybridized carbons (Fsp3) is 0.103. The molecule has 8 nitrogen and oxygen atoms in total. The zero-order valence-electron chi connectivity index (χ0n) is 21.3. The van der Waals surface area contributed by atoms with Gasteiger partial charge in [-0.1, -0.05) is 29.3 Å². The van der Waals surface area contributed by atoms with Crippen LogP contribution >= 0.6 is 23.2 Å². The molecule has 3 heterocycles. The van der Waals surface area contributed by atoms with E-state index >= 15 is 0 Å². The molecule has 0 radical (unpaired) electrons. The summed E-state index contributed by atoms with van der Waals surface area (Å²) in [5.41, 5.74) is 2.78. The minimum absolute atomic E-state index is 0.0687. The first-order valence-electron chi connectivity index (χ1n) is 11.9. The minimum Gasteiger partial charge on any atom is -0.489 e. The third-order valence-corrected chi connectivity index (χ3v) is 6.52. The van der Waals surface area contributed by atoms with E-state index in [-0.39, 0.29) is 29.1 Å². The molecule has 5 aromatic rings. The average Bonchev–Trinajstić information content (AvgIpc) is 2.96. The van der Waals surface area contributed by atoms with Gasteiger partial charge in [0.15, 0.2) is 0 Å². The van der Waals surface area contributed by atoms with Crippen molar-refractivity contribution in [2.24, 2.45) is 0 Å². The topological polar surface area (TPSA) is 88.4 Å². The van der Waals surface area contributed by atoms with Gasteiger partial charge in [0.05, 0.1) is 36.7 Å². The average molecular weight is 579 g/mol. The largest absolute Gasteiger partial charge is 0.489 e. The molecule has 0 spiro atoms. The first kappa shape index (κ1) is 27.1. The summed E-state index contributed by atoms with van der Waals surface area (Å²) in [6, 6.07) is 14.4. The number of benzene rings is 2. The van der Waals surface area contributed by atoms with Crippen LogP contribution in [0, 0.1) is 5.82 Å². The first-order chi connectivity index (χ1) is 19.4. The standard InChI is InChI=1S/C29H21Cl2FN4O4/c1-38-27-25(14-34-29(35-27)39-2)19-10-24(28(37)36(15-19)22-4-3-7-33-13-22)18-8-20(30)11-23(9-18)40-16-17-5-6-21(32)12-26(17)31/h3-15H,16H2,1-2H3. The highest BCUT2D eigenvalue weighted by molar-refractivity contribution is 6.31. The number of ether oxygens (including phenoxy) is 3. The number of nitrogens with zero attached hydrogens (tertiary/aromatic N) is 4. The summed E-state index contributed by atoms with van der Waals surface area (Å²) in [6.07, 6.45) is 6.42. The van der Waals surface area contributed by atoms with E-state index in [2.05, 4.69) is 15.0 Å². The Hall–Kier alpha value is -4.47. The second-order valence-corrected chi connectivity index (χ2v) is 9.35. The predicted octanol–water partition coefficient (Wildman–Crippen LogP) is 6.40. The summed E-state index contributed by atoms with van der Waals surface area (Å²) in [5.74, 6) is 0.217. The van der Waals surface area contributed by atoms with Crippen molar-refractivity contribution >= 4 is 23.2 Å². The molecule has 3 aromatic heterocycles. The number of hydrogen-bond acceptors (Lipinski definition) is 7. The lowest BCUT2D eigenvalue weighted by Crippen LogP contribution is -2.20. The highest BCUT2D eigenvalue weighted by atomic mass is 35.5. The number of methoxy groups -OCH3 is 2. The van der Waals surface area contributed by atoms with Crippen molar-refractivity contribution in [1.29, 1.82) is 0 Å². The van der Waals surface area contributed by atoms with Gasteiger partial charge in [-0.05, 0) is 54.1 Å². The Morgan fingerprint density at radius 1 is 0.950 bits per heavy atom. The molecule has 0 aliphatic heterocycles. The van der Waals surface area contributed by atoms with Gasteiger partial charge in [0.25, 0.3) is 5.56 Å². The highest BCUT2D eigenvalue weighted by Gasteiger charge is 2.18. The summed E-state index contributed by atoms with van der Waals surface area (Å²) in [5, 5.41) is 0.589. The fourth-order valence-electron chi connectivity index (χ4n) is 4.03. The molecule has 0 fully saturated rings. The molecule has 0 aliphatic rings. The van der Waals surface area contributed by atoms with Gasteiger partial charge in [0.2, 0.25) is 5.88 Å². The molecule has 0 aliphatic carbocycles. The van der Waals surface area contributed by atoms with E-state index < -0.39 is 5.82 Å². The van der Waals surface area contributed by atoms with Crippen molar-refractivity contribution < 1.29 is 18.6 Å². The van der Waals surface area contributed by atoms with E-state index in [1.165, 1.54) is 30.9 Å². The van der Waals surface area contributed by atoms with Crippen LogP contribution in [-0.4, -0.2) is 33.7 Å². The fourth-order valence-corrected chi connectivity index (χ4v) is 4.48. The van der Waals surface area contributed by atoms with Gasteiger partial charge >= 0.3 is 6.01 Å². The van der Waals surface area contributed by atoms with E-state index in [9.17, 15) is 9.18 Å². The van der Waals surface area contributed by atoms with Crippen LogP contribution in [0.2, 0.25) is 10.0 Å². The van der Waals surface area contributed by atoms with Crippen molar-refractivity contribution in [2.75, 3.05) is 14.2 Å². The van der Waals surface area contributed by atoms with Crippen LogP contribution in [0.3, 0.4) is 0 Å². The molecule has 0 unspecified atom stereocenters. The number of rotatable bonds is 8. The van der Waals surface area contributed by atoms with Gasteiger partial charge in [0.1, 0.15) is 18.2 Å². The Kier molecular flexibility index (Phi) is 7.95. The van der Waals surface area contributed by atoms with Crippen LogP contribution in [-0.2, 0) is 6.61 Å². The zero-order chi connectivity index (χ0) is 28.2. The summed E-state index contributed by atoms with van der Waals surface area (Å²) in [4.78, 5) is 26.5. The smallest absolute Gasteiger partial charge is 0.319 e. The van der Waals surface area contributed by atoms with E-state index in [1.54, 1.807) is 67.3 Å². The number of aromatic nitrogens is 4. The van der Waals surface area contributed by atoms with E-state index in [1.807, 2.05) is 0 Å². The summed E-state index contributed by atoms with van der Waals surface area (Å²) < 4.78 is 31.4. The maximum atomic E-state index is 13.8. The molecular weight excluding hydrogens is 558 g/mol. The SMILES string of the molecule is COc1ncc(-c2cc(-c3cc(Cl)cc(OCc4ccc(F)cc4Cl)c3)c(=O)n(-c3cccnc3)c2)c(OC)n1. The highest BCUT2D eigenvalue weighted by Crippen LogP contribution is 2.33. The van der Waals surface area contributed by atoms with Gasteiger partial charge in [-0.2, -0.15) is 4.98 Å². The normalized spacial score (nSPS) is 10.8. The van der Waals surface area contributed by atoms with Crippen LogP contribution in [0.1, 0.15) is 5.56 Å². The van der Waals surface area contributed by atoms with Crippen LogP contribution in [0.25, 0.3) is 27.9 Å². The van der Waals surface area contributed by atoms with Crippen LogP contribution in [0.4, 0.5) is 4.39 Å². The van der Waals surface area contributed by atoms with Crippen molar-refractivity contribution in [2.45, 2.75) is 6.61 Å². The summed E-state index contributed by atoms with van der Waals surface area (Å²) in [7, 11) is 2.94. The van der Waals surface area contributed by atoms with Gasteiger partial charge in [-0.15, -0.1) is 0 Å². The van der Waals surface area contributed by atoms with Gasteiger partial charge in [0, 0.05) is 40.3 Å². The Bertz CT molecular complexity index is 1750. The summed E-state index contributed by atoms with van der Waals surface area (Å²) in [6.45, 7) is 0.0687. The second kappa shape index (κ2) is 11.7. The van der Waals surface area contributed by atoms with Gasteiger partial charge in [-0.3, -0.25) is 14.3 Å². The second-order valence-electron chi connectivity index (χ2n) is 8.51. The Labute approximate surface area is 238 Å². The summed E-state index contributed by atoms with van der Waals surface area (Å²) >= 11 is 12.6. The lowest BCUT2D eigenvalue weighted by molar-refractivity contribution is 0.306. The van der Waals surface area contributed by atoms with Crippen molar-refractivity contribution in [1.82, 2.24) is 19.5 Å². The quantitative estimate of drug-likeness (QED) is 0.210. The molecule has 2 aromatic carbocycles. The van der Waals surface area contributed by atoms with E-state index in [4.69, 9.17) is 37.4 Å². The van der Waals surface area contributed by atoms with E-state index in [0.29, 0.717) is 44.3 Å². The predicted molar refractivity (Wildman–Crippen MR) is 150 cm³/mol. The lowest BCUT2D eigenvalue weighted by atomic mass is 10.0. The molecule has 40 heavy (non-hydrogen) atoms. The van der Waals surface area contributed by atoms with Crippen molar-refractivity contribution in [3.05, 3.63) is 111 Å². The zero-order valence-corrected chi connectivity index (χ0v) is 22.8. The maximum absolute atomic E-state index is 13.8. The van der Waals surface area contributed by atoms with Crippen molar-refractivity contribution in [3.63, 3.8) is 0 Å². The van der Waals surface area contributed by atoms with Crippen LogP contribution < -0.4 is 19.8 Å². The van der Waals surface area contributed by atoms with Gasteiger partial charge < -0.3 is 14.2 Å². The number of hydrogen-bond donors (Lipinski definition) is 0. The van der Waals surface area contributed by atoms with Crippen LogP contribution in [0.5, 0.6) is 17.6 Å². The maximum Gasteiger partial charge on any atom is 0.319 e. The molecule has 0 saturated heterocycles. The Balaban J connectivity index is 1.63. The molecule has 0 N–H and O–H groups in total. The number of halogens is 3. The third kappa shape index (κ3) is 5.75. The minimum atomic E-state index is -0.442. The van der Waals surface area contributed by atoms with Gasteiger partial charge in [-0.25, -0.2) is 9.37 Å². The molecule has 0 saturated carbocycles. The monoisotopic (exact) mass is 578 g/mol. The first-order valence-corrected chi connectivity index (χ1v) is 12.6. The molecule has 0 atom stereocenters. The Morgan fingerprint density at radius 3 is 2.52 bits per heavy atom. The molecule has 0 bridgehead atoms. The molecule has 0 amide bonds. The van der Waals surface area contributed by atoms with E-state index in [0.717, 1.165) is 0 Å². The Morgan fingerprint density at radius 2 is 1.80 bits per heavy atom. The molecule has 5 rings (SSSR count). The molecule has 202 valence electrons. The third-order valence-electron chi connectivity index (χ3n) is 5.95. The molecule has 11 heteroatoms. The number of pyridine rings is 2. The van der Waals surface area contributed by atoms with Crippen molar-refractivity contribution in [3.8, 4) is 45.6 Å². The lowest BCUT2D eigenvalue weighted by Gasteiger charge is -2.15.